The number of hydrogen-bond donors (Lipinski definition) is 0. The van der Waals surface area contributed by atoms with Crippen molar-refractivity contribution in [1.29, 1.82) is 0 Å². The standard InChI is InChI=1S/C22H25N5OS/c1-15-12-19(29-14-15)21(28)27-11-5-4-6-18(27)20-17(16-7-9-23-10-8-16)13-24-22(25-20)26(2)3/h7-10,12-14,18H,4-6,11H2,1-3H3/t18-/m0/s1. The molecule has 1 amide bonds. The SMILES string of the molecule is Cc1csc(C(=O)N2CCCC[C@H]2c2nc(N(C)C)ncc2-c2ccncc2)c1. The van der Waals surface area contributed by atoms with Crippen molar-refractivity contribution < 1.29 is 4.79 Å². The number of amides is 1. The Morgan fingerprint density at radius 2 is 2.03 bits per heavy atom. The molecule has 1 aliphatic heterocycles. The number of likely N-dealkylation sites (tertiary alicyclic amines) is 1. The Kier molecular flexibility index (Phi) is 5.58. The Bertz CT molecular complexity index is 1000. The maximum absolute atomic E-state index is 13.3. The zero-order chi connectivity index (χ0) is 20.4. The van der Waals surface area contributed by atoms with Gasteiger partial charge in [0.25, 0.3) is 5.91 Å². The van der Waals surface area contributed by atoms with Crippen molar-refractivity contribution in [3.05, 3.63) is 58.3 Å². The van der Waals surface area contributed by atoms with Gasteiger partial charge in [-0.25, -0.2) is 9.97 Å². The summed E-state index contributed by atoms with van der Waals surface area (Å²) in [6, 6.07) is 5.85. The third kappa shape index (κ3) is 4.00. The lowest BCUT2D eigenvalue weighted by atomic mass is 9.94. The van der Waals surface area contributed by atoms with Gasteiger partial charge in [-0.2, -0.15) is 0 Å². The highest BCUT2D eigenvalue weighted by molar-refractivity contribution is 7.12. The number of carbonyl (C=O) groups excluding carboxylic acids is 1. The summed E-state index contributed by atoms with van der Waals surface area (Å²) in [5.41, 5.74) is 4.02. The predicted molar refractivity (Wildman–Crippen MR) is 116 cm³/mol. The number of carbonyl (C=O) groups is 1. The van der Waals surface area contributed by atoms with Crippen LogP contribution in [0, 0.1) is 6.92 Å². The lowest BCUT2D eigenvalue weighted by molar-refractivity contribution is 0.0612. The average molecular weight is 408 g/mol. The molecule has 4 rings (SSSR count). The Balaban J connectivity index is 1.79. The van der Waals surface area contributed by atoms with E-state index in [1.54, 1.807) is 12.4 Å². The van der Waals surface area contributed by atoms with Crippen molar-refractivity contribution in [1.82, 2.24) is 19.9 Å². The maximum Gasteiger partial charge on any atom is 0.264 e. The molecule has 1 atom stereocenters. The van der Waals surface area contributed by atoms with Gasteiger partial charge in [0.2, 0.25) is 5.95 Å². The zero-order valence-corrected chi connectivity index (χ0v) is 17.8. The van der Waals surface area contributed by atoms with Gasteiger partial charge in [0.15, 0.2) is 0 Å². The van der Waals surface area contributed by atoms with E-state index in [1.165, 1.54) is 11.3 Å². The summed E-state index contributed by atoms with van der Waals surface area (Å²) >= 11 is 1.52. The Hall–Kier alpha value is -2.80. The molecule has 0 spiro atoms. The average Bonchev–Trinajstić information content (AvgIpc) is 3.19. The van der Waals surface area contributed by atoms with E-state index < -0.39 is 0 Å². The molecule has 0 aliphatic carbocycles. The van der Waals surface area contributed by atoms with Crippen molar-refractivity contribution in [2.24, 2.45) is 0 Å². The summed E-state index contributed by atoms with van der Waals surface area (Å²) < 4.78 is 0. The highest BCUT2D eigenvalue weighted by Gasteiger charge is 2.32. The number of thiophene rings is 1. The summed E-state index contributed by atoms with van der Waals surface area (Å²) in [6.45, 7) is 2.77. The van der Waals surface area contributed by atoms with Crippen LogP contribution in [-0.4, -0.2) is 46.4 Å². The predicted octanol–water partition coefficient (Wildman–Crippen LogP) is 4.34. The second kappa shape index (κ2) is 8.29. The van der Waals surface area contributed by atoms with Gasteiger partial charge in [0.05, 0.1) is 16.6 Å². The van der Waals surface area contributed by atoms with Crippen LogP contribution in [0.4, 0.5) is 5.95 Å². The largest absolute Gasteiger partial charge is 0.347 e. The molecule has 1 aliphatic rings. The van der Waals surface area contributed by atoms with Crippen molar-refractivity contribution >= 4 is 23.2 Å². The van der Waals surface area contributed by atoms with Crippen LogP contribution in [-0.2, 0) is 0 Å². The van der Waals surface area contributed by atoms with Crippen LogP contribution in [0.3, 0.4) is 0 Å². The zero-order valence-electron chi connectivity index (χ0n) is 17.0. The topological polar surface area (TPSA) is 62.2 Å². The van der Waals surface area contributed by atoms with Crippen LogP contribution >= 0.6 is 11.3 Å². The monoisotopic (exact) mass is 407 g/mol. The van der Waals surface area contributed by atoms with E-state index in [-0.39, 0.29) is 11.9 Å². The van der Waals surface area contributed by atoms with Crippen molar-refractivity contribution in [3.8, 4) is 11.1 Å². The highest BCUT2D eigenvalue weighted by atomic mass is 32.1. The fourth-order valence-corrected chi connectivity index (χ4v) is 4.61. The summed E-state index contributed by atoms with van der Waals surface area (Å²) in [5.74, 6) is 0.751. The van der Waals surface area contributed by atoms with E-state index in [2.05, 4.69) is 9.97 Å². The quantitative estimate of drug-likeness (QED) is 0.644. The smallest absolute Gasteiger partial charge is 0.264 e. The fraction of sp³-hybridized carbons (Fsp3) is 0.364. The first kappa shape index (κ1) is 19.5. The van der Waals surface area contributed by atoms with Crippen molar-refractivity contribution in [2.45, 2.75) is 32.2 Å². The summed E-state index contributed by atoms with van der Waals surface area (Å²) in [7, 11) is 3.87. The van der Waals surface area contributed by atoms with Gasteiger partial charge >= 0.3 is 0 Å². The third-order valence-corrected chi connectivity index (χ3v) is 6.25. The van der Waals surface area contributed by atoms with Gasteiger partial charge in [0, 0.05) is 44.8 Å². The first-order chi connectivity index (χ1) is 14.0. The fourth-order valence-electron chi connectivity index (χ4n) is 3.75. The third-order valence-electron chi connectivity index (χ3n) is 5.22. The molecule has 3 aromatic rings. The number of rotatable bonds is 4. The number of anilines is 1. The van der Waals surface area contributed by atoms with Crippen molar-refractivity contribution in [2.75, 3.05) is 25.5 Å². The van der Waals surface area contributed by atoms with Gasteiger partial charge in [-0.05, 0) is 60.9 Å². The maximum atomic E-state index is 13.3. The van der Waals surface area contributed by atoms with Crippen LogP contribution in [0.5, 0.6) is 0 Å². The van der Waals surface area contributed by atoms with Gasteiger partial charge in [-0.15, -0.1) is 11.3 Å². The number of hydrogen-bond acceptors (Lipinski definition) is 6. The second-order valence-electron chi connectivity index (χ2n) is 7.60. The van der Waals surface area contributed by atoms with Gasteiger partial charge in [0.1, 0.15) is 0 Å². The van der Waals surface area contributed by atoms with Crippen molar-refractivity contribution in [3.63, 3.8) is 0 Å². The second-order valence-corrected chi connectivity index (χ2v) is 8.51. The Morgan fingerprint density at radius 3 is 2.72 bits per heavy atom. The molecule has 0 aromatic carbocycles. The van der Waals surface area contributed by atoms with Crippen LogP contribution in [0.1, 0.15) is 46.2 Å². The Morgan fingerprint density at radius 1 is 1.24 bits per heavy atom. The number of nitrogens with zero attached hydrogens (tertiary/aromatic N) is 5. The lowest BCUT2D eigenvalue weighted by Crippen LogP contribution is -2.39. The molecule has 0 unspecified atom stereocenters. The summed E-state index contributed by atoms with van der Waals surface area (Å²) in [6.07, 6.45) is 8.42. The molecular weight excluding hydrogens is 382 g/mol. The van der Waals surface area contributed by atoms with E-state index in [4.69, 9.17) is 4.98 Å². The molecule has 1 saturated heterocycles. The number of aromatic nitrogens is 3. The van der Waals surface area contributed by atoms with Gasteiger partial charge < -0.3 is 9.80 Å². The van der Waals surface area contributed by atoms with Gasteiger partial charge in [-0.3, -0.25) is 9.78 Å². The first-order valence-electron chi connectivity index (χ1n) is 9.85. The number of aryl methyl sites for hydroxylation is 1. The van der Waals surface area contributed by atoms with E-state index in [0.717, 1.165) is 53.1 Å². The molecule has 0 radical (unpaired) electrons. The molecule has 29 heavy (non-hydrogen) atoms. The summed E-state index contributed by atoms with van der Waals surface area (Å²) in [4.78, 5) is 31.6. The minimum atomic E-state index is -0.0662. The molecule has 0 bridgehead atoms. The van der Waals surface area contributed by atoms with Crippen LogP contribution in [0.25, 0.3) is 11.1 Å². The normalized spacial score (nSPS) is 16.7. The molecule has 1 fully saturated rings. The molecule has 0 N–H and O–H groups in total. The Labute approximate surface area is 175 Å². The highest BCUT2D eigenvalue weighted by Crippen LogP contribution is 2.37. The molecule has 0 saturated carbocycles. The molecular formula is C22H25N5OS. The molecule has 3 aromatic heterocycles. The minimum Gasteiger partial charge on any atom is -0.347 e. The first-order valence-corrected chi connectivity index (χ1v) is 10.7. The summed E-state index contributed by atoms with van der Waals surface area (Å²) in [5, 5.41) is 2.03. The van der Waals surface area contributed by atoms with Crippen LogP contribution < -0.4 is 4.90 Å². The van der Waals surface area contributed by atoms with Crippen LogP contribution in [0.15, 0.2) is 42.2 Å². The van der Waals surface area contributed by atoms with E-state index in [1.807, 2.05) is 60.6 Å². The number of piperidine rings is 1. The van der Waals surface area contributed by atoms with Crippen LogP contribution in [0.2, 0.25) is 0 Å². The van der Waals surface area contributed by atoms with E-state index in [9.17, 15) is 4.79 Å². The molecule has 150 valence electrons. The number of pyridine rings is 1. The molecule has 6 nitrogen and oxygen atoms in total. The molecule has 7 heteroatoms. The van der Waals surface area contributed by atoms with E-state index in [0.29, 0.717) is 5.95 Å². The van der Waals surface area contributed by atoms with Gasteiger partial charge in [-0.1, -0.05) is 0 Å². The minimum absolute atomic E-state index is 0.0662. The lowest BCUT2D eigenvalue weighted by Gasteiger charge is -2.36. The van der Waals surface area contributed by atoms with E-state index >= 15 is 0 Å². The molecule has 4 heterocycles.